The van der Waals surface area contributed by atoms with Gasteiger partial charge in [0.25, 0.3) is 0 Å². The molecule has 0 aromatic heterocycles. The third-order valence-corrected chi connectivity index (χ3v) is 1.85. The van der Waals surface area contributed by atoms with Gasteiger partial charge in [0.15, 0.2) is 6.10 Å². The van der Waals surface area contributed by atoms with Crippen LogP contribution in [0.25, 0.3) is 6.08 Å². The van der Waals surface area contributed by atoms with Crippen molar-refractivity contribution in [3.8, 4) is 6.07 Å². The molecule has 0 aliphatic carbocycles. The third-order valence-electron chi connectivity index (χ3n) is 1.85. The number of nitrogens with zero attached hydrogens (tertiary/aromatic N) is 1. The number of nitriles is 1. The lowest BCUT2D eigenvalue weighted by molar-refractivity contribution is 0.148. The molecule has 1 aromatic rings. The van der Waals surface area contributed by atoms with Crippen molar-refractivity contribution < 1.29 is 4.74 Å². The van der Waals surface area contributed by atoms with E-state index >= 15 is 0 Å². The molecule has 0 N–H and O–H groups in total. The van der Waals surface area contributed by atoms with Gasteiger partial charge in [0.05, 0.1) is 6.07 Å². The second-order valence-corrected chi connectivity index (χ2v) is 2.58. The van der Waals surface area contributed by atoms with Gasteiger partial charge in [0, 0.05) is 12.7 Å². The lowest BCUT2D eigenvalue weighted by atomic mass is 10.0. The highest BCUT2D eigenvalue weighted by molar-refractivity contribution is 5.53. The van der Waals surface area contributed by atoms with E-state index in [-0.39, 0.29) is 0 Å². The first kappa shape index (κ1) is 9.50. The van der Waals surface area contributed by atoms with Crippen molar-refractivity contribution in [2.45, 2.75) is 6.10 Å². The largest absolute Gasteiger partial charge is 0.362 e. The zero-order chi connectivity index (χ0) is 9.68. The summed E-state index contributed by atoms with van der Waals surface area (Å²) in [7, 11) is 1.52. The third kappa shape index (κ3) is 1.95. The fraction of sp³-hybridized carbons (Fsp3) is 0.182. The number of ether oxygens (including phenoxy) is 1. The highest BCUT2D eigenvalue weighted by atomic mass is 16.5. The molecule has 0 saturated carbocycles. The van der Waals surface area contributed by atoms with E-state index in [4.69, 9.17) is 10.00 Å². The molecular weight excluding hydrogens is 162 g/mol. The first-order valence-corrected chi connectivity index (χ1v) is 3.97. The van der Waals surface area contributed by atoms with Crippen molar-refractivity contribution in [1.82, 2.24) is 0 Å². The molecule has 1 unspecified atom stereocenters. The van der Waals surface area contributed by atoms with Crippen molar-refractivity contribution in [3.05, 3.63) is 42.0 Å². The lowest BCUT2D eigenvalue weighted by Gasteiger charge is -2.09. The highest BCUT2D eigenvalue weighted by Gasteiger charge is 2.10. The zero-order valence-corrected chi connectivity index (χ0v) is 7.53. The summed E-state index contributed by atoms with van der Waals surface area (Å²) < 4.78 is 5.02. The summed E-state index contributed by atoms with van der Waals surface area (Å²) in [4.78, 5) is 0. The Hall–Kier alpha value is -1.59. The van der Waals surface area contributed by atoms with Gasteiger partial charge in [-0.3, -0.25) is 0 Å². The summed E-state index contributed by atoms with van der Waals surface area (Å²) in [5.41, 5.74) is 1.80. The minimum atomic E-state index is -0.505. The summed E-state index contributed by atoms with van der Waals surface area (Å²) in [6.07, 6.45) is 1.22. The molecule has 1 rings (SSSR count). The Balaban J connectivity index is 3.12. The summed E-state index contributed by atoms with van der Waals surface area (Å²) in [6, 6.07) is 9.64. The van der Waals surface area contributed by atoms with E-state index in [1.165, 1.54) is 7.11 Å². The Kier molecular flexibility index (Phi) is 3.24. The maximum Gasteiger partial charge on any atom is 0.169 e. The average molecular weight is 173 g/mol. The van der Waals surface area contributed by atoms with E-state index in [0.717, 1.165) is 11.1 Å². The van der Waals surface area contributed by atoms with Crippen LogP contribution >= 0.6 is 0 Å². The minimum Gasteiger partial charge on any atom is -0.362 e. The van der Waals surface area contributed by atoms with Gasteiger partial charge in [-0.2, -0.15) is 5.26 Å². The Morgan fingerprint density at radius 2 is 2.23 bits per heavy atom. The average Bonchev–Trinajstić information content (AvgIpc) is 2.20. The Labute approximate surface area is 78.1 Å². The summed E-state index contributed by atoms with van der Waals surface area (Å²) in [5.74, 6) is 0. The normalized spacial score (nSPS) is 11.7. The minimum absolute atomic E-state index is 0.505. The molecule has 13 heavy (non-hydrogen) atoms. The highest BCUT2D eigenvalue weighted by Crippen LogP contribution is 2.20. The molecule has 0 amide bonds. The van der Waals surface area contributed by atoms with Crippen LogP contribution < -0.4 is 0 Å². The Bertz CT molecular complexity index is 338. The molecule has 0 fully saturated rings. The second-order valence-electron chi connectivity index (χ2n) is 2.58. The maximum absolute atomic E-state index is 8.79. The smallest absolute Gasteiger partial charge is 0.169 e. The Morgan fingerprint density at radius 1 is 1.54 bits per heavy atom. The van der Waals surface area contributed by atoms with E-state index in [9.17, 15) is 0 Å². The van der Waals surface area contributed by atoms with Gasteiger partial charge >= 0.3 is 0 Å². The van der Waals surface area contributed by atoms with Gasteiger partial charge in [-0.15, -0.1) is 0 Å². The standard InChI is InChI=1S/C11H11NO/c1-3-9-6-4-5-7-10(9)11(8-12)13-2/h3-7,11H,1H2,2H3. The lowest BCUT2D eigenvalue weighted by Crippen LogP contribution is -1.99. The molecule has 0 saturated heterocycles. The van der Waals surface area contributed by atoms with E-state index in [2.05, 4.69) is 12.6 Å². The number of benzene rings is 1. The monoisotopic (exact) mass is 173 g/mol. The van der Waals surface area contributed by atoms with Crippen LogP contribution in [0.15, 0.2) is 30.8 Å². The van der Waals surface area contributed by atoms with Crippen molar-refractivity contribution in [1.29, 1.82) is 5.26 Å². The van der Waals surface area contributed by atoms with Crippen LogP contribution in [0.1, 0.15) is 17.2 Å². The van der Waals surface area contributed by atoms with Gasteiger partial charge in [-0.1, -0.05) is 36.9 Å². The van der Waals surface area contributed by atoms with Crippen molar-refractivity contribution in [2.75, 3.05) is 7.11 Å². The molecule has 1 aromatic carbocycles. The fourth-order valence-electron chi connectivity index (χ4n) is 1.18. The predicted molar refractivity (Wildman–Crippen MR) is 51.9 cm³/mol. The van der Waals surface area contributed by atoms with Gasteiger partial charge < -0.3 is 4.74 Å². The van der Waals surface area contributed by atoms with E-state index in [1.54, 1.807) is 6.08 Å². The van der Waals surface area contributed by atoms with Gasteiger partial charge in [-0.05, 0) is 5.56 Å². The van der Waals surface area contributed by atoms with Gasteiger partial charge in [-0.25, -0.2) is 0 Å². The van der Waals surface area contributed by atoms with Crippen LogP contribution in [-0.4, -0.2) is 7.11 Å². The van der Waals surface area contributed by atoms with E-state index in [0.29, 0.717) is 0 Å². The van der Waals surface area contributed by atoms with Crippen LogP contribution in [-0.2, 0) is 4.74 Å². The van der Waals surface area contributed by atoms with E-state index < -0.39 is 6.10 Å². The van der Waals surface area contributed by atoms with Crippen LogP contribution in [0.2, 0.25) is 0 Å². The van der Waals surface area contributed by atoms with Crippen molar-refractivity contribution in [3.63, 3.8) is 0 Å². The van der Waals surface area contributed by atoms with Crippen LogP contribution in [0, 0.1) is 11.3 Å². The Morgan fingerprint density at radius 3 is 2.77 bits per heavy atom. The first-order valence-electron chi connectivity index (χ1n) is 3.97. The number of rotatable bonds is 3. The molecule has 66 valence electrons. The van der Waals surface area contributed by atoms with Gasteiger partial charge in [0.1, 0.15) is 0 Å². The number of hydrogen-bond acceptors (Lipinski definition) is 2. The quantitative estimate of drug-likeness (QED) is 0.703. The summed E-state index contributed by atoms with van der Waals surface area (Å²) in [6.45, 7) is 3.68. The van der Waals surface area contributed by atoms with Crippen LogP contribution in [0.5, 0.6) is 0 Å². The van der Waals surface area contributed by atoms with Crippen LogP contribution in [0.4, 0.5) is 0 Å². The first-order chi connectivity index (χ1) is 6.33. The molecule has 0 radical (unpaired) electrons. The second kappa shape index (κ2) is 4.44. The van der Waals surface area contributed by atoms with Gasteiger partial charge in [0.2, 0.25) is 0 Å². The molecule has 0 bridgehead atoms. The topological polar surface area (TPSA) is 33.0 Å². The van der Waals surface area contributed by atoms with Crippen molar-refractivity contribution >= 4 is 6.08 Å². The van der Waals surface area contributed by atoms with E-state index in [1.807, 2.05) is 24.3 Å². The SMILES string of the molecule is C=Cc1ccccc1C(C#N)OC. The fourth-order valence-corrected chi connectivity index (χ4v) is 1.18. The molecule has 0 aliphatic rings. The number of hydrogen-bond donors (Lipinski definition) is 0. The predicted octanol–water partition coefficient (Wildman–Crippen LogP) is 2.54. The summed E-state index contributed by atoms with van der Waals surface area (Å²) in [5, 5.41) is 8.79. The summed E-state index contributed by atoms with van der Waals surface area (Å²) >= 11 is 0. The molecule has 2 heteroatoms. The van der Waals surface area contributed by atoms with Crippen molar-refractivity contribution in [2.24, 2.45) is 0 Å². The molecule has 0 aliphatic heterocycles. The molecule has 2 nitrogen and oxygen atoms in total. The maximum atomic E-state index is 8.79. The zero-order valence-electron chi connectivity index (χ0n) is 7.53. The molecule has 0 heterocycles. The van der Waals surface area contributed by atoms with Crippen LogP contribution in [0.3, 0.4) is 0 Å². The molecule has 1 atom stereocenters. The number of methoxy groups -OCH3 is 1. The molecular formula is C11H11NO. The molecule has 0 spiro atoms.